The molecule has 19 heavy (non-hydrogen) atoms. The number of urea groups is 1. The zero-order chi connectivity index (χ0) is 13.8. The topological polar surface area (TPSA) is 108 Å². The fourth-order valence-electron chi connectivity index (χ4n) is 2.20. The van der Waals surface area contributed by atoms with E-state index in [0.717, 1.165) is 0 Å². The molecule has 2 amide bonds. The summed E-state index contributed by atoms with van der Waals surface area (Å²) in [5, 5.41) is 20.7. The number of aliphatic hydroxyl groups excluding tert-OH is 1. The number of carbonyl (C=O) groups excluding carboxylic acids is 1. The van der Waals surface area contributed by atoms with Crippen molar-refractivity contribution in [2.24, 2.45) is 5.92 Å². The van der Waals surface area contributed by atoms with Crippen molar-refractivity contribution in [2.45, 2.75) is 12.1 Å². The lowest BCUT2D eigenvalue weighted by molar-refractivity contribution is -0.142. The number of amides is 2. The zero-order valence-corrected chi connectivity index (χ0v) is 10.4. The normalized spacial score (nSPS) is 31.2. The van der Waals surface area contributed by atoms with Gasteiger partial charge in [0.15, 0.2) is 0 Å². The summed E-state index contributed by atoms with van der Waals surface area (Å²) in [7, 11) is 0. The summed E-state index contributed by atoms with van der Waals surface area (Å²) in [6, 6.07) is -0.857. The van der Waals surface area contributed by atoms with E-state index in [1.807, 2.05) is 0 Å². The van der Waals surface area contributed by atoms with Gasteiger partial charge in [0, 0.05) is 6.54 Å². The predicted molar refractivity (Wildman–Crippen MR) is 62.7 cm³/mol. The van der Waals surface area contributed by atoms with Gasteiger partial charge in [-0.1, -0.05) is 0 Å². The van der Waals surface area contributed by atoms with Crippen LogP contribution >= 0.6 is 0 Å². The average molecular weight is 274 g/mol. The molecule has 0 radical (unpaired) electrons. The molecule has 3 N–H and O–H groups in total. The van der Waals surface area contributed by atoms with Gasteiger partial charge in [-0.25, -0.2) is 4.79 Å². The van der Waals surface area contributed by atoms with Crippen LogP contribution in [0.2, 0.25) is 0 Å². The molecule has 0 saturated carbocycles. The van der Waals surface area contributed by atoms with Gasteiger partial charge in [0.05, 0.1) is 45.1 Å². The minimum absolute atomic E-state index is 0.114. The largest absolute Gasteiger partial charge is 0.481 e. The average Bonchev–Trinajstić information content (AvgIpc) is 2.87. The summed E-state index contributed by atoms with van der Waals surface area (Å²) in [4.78, 5) is 24.5. The predicted octanol–water partition coefficient (Wildman–Crippen LogP) is -1.51. The van der Waals surface area contributed by atoms with Crippen molar-refractivity contribution in [1.82, 2.24) is 10.2 Å². The van der Waals surface area contributed by atoms with E-state index in [9.17, 15) is 9.59 Å². The monoisotopic (exact) mass is 274 g/mol. The molecule has 2 fully saturated rings. The van der Waals surface area contributed by atoms with Crippen molar-refractivity contribution in [3.05, 3.63) is 0 Å². The molecule has 0 bridgehead atoms. The van der Waals surface area contributed by atoms with Crippen molar-refractivity contribution in [2.75, 3.05) is 39.5 Å². The number of rotatable bonds is 3. The van der Waals surface area contributed by atoms with Gasteiger partial charge >= 0.3 is 12.0 Å². The third-order valence-corrected chi connectivity index (χ3v) is 3.34. The number of nitrogens with one attached hydrogen (secondary N) is 1. The summed E-state index contributed by atoms with van der Waals surface area (Å²) in [5.74, 6) is -1.68. The van der Waals surface area contributed by atoms with Crippen LogP contribution in [-0.2, 0) is 14.3 Å². The first-order valence-corrected chi connectivity index (χ1v) is 6.20. The summed E-state index contributed by atoms with van der Waals surface area (Å²) in [6.07, 6.45) is -0.380. The second kappa shape index (κ2) is 6.18. The van der Waals surface area contributed by atoms with Gasteiger partial charge in [0.25, 0.3) is 0 Å². The Morgan fingerprint density at radius 3 is 2.84 bits per heavy atom. The molecule has 8 nitrogen and oxygen atoms in total. The lowest BCUT2D eigenvalue weighted by Gasteiger charge is -2.33. The fourth-order valence-corrected chi connectivity index (χ4v) is 2.20. The first kappa shape index (κ1) is 14.0. The Morgan fingerprint density at radius 2 is 2.16 bits per heavy atom. The SMILES string of the molecule is O=C(O)C1COCC1NC(=O)N1CCOC(CO)C1. The van der Waals surface area contributed by atoms with E-state index in [0.29, 0.717) is 19.7 Å². The Kier molecular flexibility index (Phi) is 4.56. The van der Waals surface area contributed by atoms with Crippen molar-refractivity contribution in [3.8, 4) is 0 Å². The Hall–Kier alpha value is -1.38. The van der Waals surface area contributed by atoms with Crippen LogP contribution < -0.4 is 5.32 Å². The maximum Gasteiger partial charge on any atom is 0.317 e. The molecule has 8 heteroatoms. The maximum absolute atomic E-state index is 12.0. The second-order valence-corrected chi connectivity index (χ2v) is 4.66. The summed E-state index contributed by atoms with van der Waals surface area (Å²) in [5.41, 5.74) is 0. The Balaban J connectivity index is 1.88. The van der Waals surface area contributed by atoms with Gasteiger partial charge in [-0.2, -0.15) is 0 Å². The van der Waals surface area contributed by atoms with Crippen LogP contribution in [0.3, 0.4) is 0 Å². The highest BCUT2D eigenvalue weighted by molar-refractivity contribution is 5.77. The zero-order valence-electron chi connectivity index (χ0n) is 10.4. The minimum Gasteiger partial charge on any atom is -0.481 e. The molecule has 2 rings (SSSR count). The number of aliphatic carboxylic acids is 1. The molecular formula is C11H18N2O6. The Labute approximate surface area is 110 Å². The number of morpholine rings is 1. The van der Waals surface area contributed by atoms with Crippen LogP contribution in [0.15, 0.2) is 0 Å². The summed E-state index contributed by atoms with van der Waals surface area (Å²) in [6.45, 7) is 1.26. The van der Waals surface area contributed by atoms with Crippen LogP contribution in [-0.4, -0.2) is 78.8 Å². The highest BCUT2D eigenvalue weighted by Crippen LogP contribution is 2.14. The molecule has 3 unspecified atom stereocenters. The van der Waals surface area contributed by atoms with Crippen LogP contribution in [0, 0.1) is 5.92 Å². The highest BCUT2D eigenvalue weighted by Gasteiger charge is 2.36. The molecule has 0 aromatic rings. The molecule has 2 aliphatic rings. The van der Waals surface area contributed by atoms with E-state index in [1.54, 1.807) is 0 Å². The van der Waals surface area contributed by atoms with Gasteiger partial charge in [-0.05, 0) is 0 Å². The number of hydrogen-bond donors (Lipinski definition) is 3. The summed E-state index contributed by atoms with van der Waals surface area (Å²) < 4.78 is 10.3. The number of nitrogens with zero attached hydrogens (tertiary/aromatic N) is 1. The maximum atomic E-state index is 12.0. The van der Waals surface area contributed by atoms with Crippen LogP contribution in [0.1, 0.15) is 0 Å². The molecule has 2 heterocycles. The molecule has 108 valence electrons. The van der Waals surface area contributed by atoms with Gasteiger partial charge in [0.1, 0.15) is 5.92 Å². The van der Waals surface area contributed by atoms with E-state index in [-0.39, 0.29) is 32.0 Å². The van der Waals surface area contributed by atoms with Gasteiger partial charge in [-0.15, -0.1) is 0 Å². The minimum atomic E-state index is -0.974. The van der Waals surface area contributed by atoms with E-state index in [4.69, 9.17) is 19.7 Å². The third-order valence-electron chi connectivity index (χ3n) is 3.34. The lowest BCUT2D eigenvalue weighted by Crippen LogP contribution is -2.54. The fraction of sp³-hybridized carbons (Fsp3) is 0.818. The number of aliphatic hydroxyl groups is 1. The number of carbonyl (C=O) groups is 2. The van der Waals surface area contributed by atoms with E-state index >= 15 is 0 Å². The number of hydrogen-bond acceptors (Lipinski definition) is 5. The van der Waals surface area contributed by atoms with Crippen molar-refractivity contribution >= 4 is 12.0 Å². The van der Waals surface area contributed by atoms with Crippen molar-refractivity contribution in [1.29, 1.82) is 0 Å². The van der Waals surface area contributed by atoms with E-state index in [2.05, 4.69) is 5.32 Å². The molecule has 3 atom stereocenters. The van der Waals surface area contributed by atoms with Crippen LogP contribution in [0.25, 0.3) is 0 Å². The highest BCUT2D eigenvalue weighted by atomic mass is 16.5. The lowest BCUT2D eigenvalue weighted by atomic mass is 10.0. The molecule has 0 spiro atoms. The smallest absolute Gasteiger partial charge is 0.317 e. The van der Waals surface area contributed by atoms with Gasteiger partial charge < -0.3 is 29.9 Å². The second-order valence-electron chi connectivity index (χ2n) is 4.66. The Morgan fingerprint density at radius 1 is 1.37 bits per heavy atom. The summed E-state index contributed by atoms with van der Waals surface area (Å²) >= 11 is 0. The van der Waals surface area contributed by atoms with Crippen molar-refractivity contribution < 1.29 is 29.3 Å². The number of ether oxygens (including phenoxy) is 2. The number of carboxylic acids is 1. The molecule has 0 aromatic heterocycles. The van der Waals surface area contributed by atoms with E-state index < -0.39 is 17.9 Å². The van der Waals surface area contributed by atoms with Crippen molar-refractivity contribution in [3.63, 3.8) is 0 Å². The molecule has 2 saturated heterocycles. The molecule has 0 aromatic carbocycles. The molecule has 0 aliphatic carbocycles. The van der Waals surface area contributed by atoms with Crippen LogP contribution in [0.4, 0.5) is 4.79 Å². The standard InChI is InChI=1S/C11H18N2O6/c14-4-7-3-13(1-2-19-7)11(17)12-9-6-18-5-8(9)10(15)16/h7-9,14H,1-6H2,(H,12,17)(H,15,16). The van der Waals surface area contributed by atoms with Gasteiger partial charge in [-0.3, -0.25) is 4.79 Å². The van der Waals surface area contributed by atoms with Crippen LogP contribution in [0.5, 0.6) is 0 Å². The Bertz CT molecular complexity index is 350. The number of carboxylic acid groups (broad SMARTS) is 1. The van der Waals surface area contributed by atoms with Gasteiger partial charge in [0.2, 0.25) is 0 Å². The quantitative estimate of drug-likeness (QED) is 0.577. The first-order valence-electron chi connectivity index (χ1n) is 6.20. The third kappa shape index (κ3) is 3.34. The molecule has 2 aliphatic heterocycles. The molecular weight excluding hydrogens is 256 g/mol. The first-order chi connectivity index (χ1) is 9.11. The van der Waals surface area contributed by atoms with E-state index in [1.165, 1.54) is 4.90 Å².